The van der Waals surface area contributed by atoms with E-state index in [1.54, 1.807) is 6.07 Å². The van der Waals surface area contributed by atoms with Crippen LogP contribution < -0.4 is 10.6 Å². The normalized spacial score (nSPS) is 24.7. The number of halogens is 1. The first-order valence-electron chi connectivity index (χ1n) is 9.44. The number of rotatable bonds is 6. The molecule has 1 atom stereocenters. The molecule has 0 aromatic heterocycles. The number of anilines is 1. The first-order valence-corrected chi connectivity index (χ1v) is 9.81. The van der Waals surface area contributed by atoms with Gasteiger partial charge in [0, 0.05) is 56.4 Å². The van der Waals surface area contributed by atoms with E-state index in [1.807, 2.05) is 6.07 Å². The van der Waals surface area contributed by atoms with Crippen LogP contribution in [0.3, 0.4) is 0 Å². The number of phenolic OH excluding ortho intramolecular Hbond substituents is 1. The number of aromatic hydroxyl groups is 1. The summed E-state index contributed by atoms with van der Waals surface area (Å²) in [5.74, 6) is 0.0917. The molecule has 1 aromatic carbocycles. The molecular formula is C19H27ClN4O2. The van der Waals surface area contributed by atoms with Crippen LogP contribution >= 0.6 is 11.6 Å². The number of benzene rings is 1. The van der Waals surface area contributed by atoms with E-state index >= 15 is 0 Å². The molecule has 26 heavy (non-hydrogen) atoms. The number of phenols is 1. The largest absolute Gasteiger partial charge is 0.506 e. The van der Waals surface area contributed by atoms with Crippen LogP contribution in [0.5, 0.6) is 5.75 Å². The Balaban J connectivity index is 1.44. The van der Waals surface area contributed by atoms with Gasteiger partial charge in [0.2, 0.25) is 0 Å². The molecule has 0 spiro atoms. The third kappa shape index (κ3) is 3.43. The zero-order chi connectivity index (χ0) is 18.3. The molecule has 6 nitrogen and oxygen atoms in total. The van der Waals surface area contributed by atoms with Crippen LogP contribution in [0.4, 0.5) is 5.69 Å². The molecule has 3 fully saturated rings. The summed E-state index contributed by atoms with van der Waals surface area (Å²) in [5, 5.41) is 17.4. The van der Waals surface area contributed by atoms with Crippen LogP contribution in [-0.4, -0.2) is 72.7 Å². The highest BCUT2D eigenvalue weighted by atomic mass is 35.5. The topological polar surface area (TPSA) is 67.8 Å². The predicted octanol–water partition coefficient (Wildman–Crippen LogP) is 1.62. The fourth-order valence-corrected chi connectivity index (χ4v) is 4.27. The van der Waals surface area contributed by atoms with Gasteiger partial charge in [0.25, 0.3) is 0 Å². The molecule has 0 bridgehead atoms. The standard InChI is InChI=1S/C19H27ClN4O2/c1-19(2-3-19)14-8-16(17(26)9-15(14)20)22-18(12-25)24-6-4-23(5-7-24)13-10-21-11-13/h8-9,12-13,18,21-22,26H,2-7,10-11H2,1H3/t18-/m0/s1. The van der Waals surface area contributed by atoms with Crippen molar-refractivity contribution in [3.8, 4) is 5.75 Å². The summed E-state index contributed by atoms with van der Waals surface area (Å²) in [6, 6.07) is 4.14. The summed E-state index contributed by atoms with van der Waals surface area (Å²) >= 11 is 6.33. The van der Waals surface area contributed by atoms with Crippen molar-refractivity contribution >= 4 is 23.6 Å². The molecule has 7 heteroatoms. The third-order valence-electron chi connectivity index (χ3n) is 6.19. The molecule has 2 saturated heterocycles. The van der Waals surface area contributed by atoms with Gasteiger partial charge in [-0.1, -0.05) is 18.5 Å². The van der Waals surface area contributed by atoms with Gasteiger partial charge in [-0.2, -0.15) is 0 Å². The Kier molecular flexibility index (Phi) is 4.86. The molecule has 1 aliphatic carbocycles. The minimum absolute atomic E-state index is 0.0917. The second kappa shape index (κ2) is 7.00. The number of carbonyl (C=O) groups excluding carboxylic acids is 1. The lowest BCUT2D eigenvalue weighted by molar-refractivity contribution is -0.112. The van der Waals surface area contributed by atoms with Crippen LogP contribution in [0.2, 0.25) is 5.02 Å². The number of nitrogens with one attached hydrogen (secondary N) is 2. The monoisotopic (exact) mass is 378 g/mol. The van der Waals surface area contributed by atoms with E-state index in [2.05, 4.69) is 27.4 Å². The average molecular weight is 379 g/mol. The van der Waals surface area contributed by atoms with E-state index < -0.39 is 6.17 Å². The maximum atomic E-state index is 11.7. The van der Waals surface area contributed by atoms with Crippen molar-refractivity contribution in [1.29, 1.82) is 0 Å². The summed E-state index contributed by atoms with van der Waals surface area (Å²) in [4.78, 5) is 16.4. The average Bonchev–Trinajstić information content (AvgIpc) is 3.32. The van der Waals surface area contributed by atoms with Crippen LogP contribution in [0, 0.1) is 0 Å². The van der Waals surface area contributed by atoms with Gasteiger partial charge < -0.3 is 15.7 Å². The van der Waals surface area contributed by atoms with Crippen molar-refractivity contribution in [2.24, 2.45) is 0 Å². The van der Waals surface area contributed by atoms with Gasteiger partial charge in [-0.15, -0.1) is 0 Å². The molecule has 142 valence electrons. The SMILES string of the molecule is CC1(c2cc(N[C@H](C=O)N3CCN(C4CNC4)CC3)c(O)cc2Cl)CC1. The van der Waals surface area contributed by atoms with Crippen molar-refractivity contribution in [3.63, 3.8) is 0 Å². The molecule has 0 radical (unpaired) electrons. The highest BCUT2D eigenvalue weighted by Crippen LogP contribution is 2.51. The first-order chi connectivity index (χ1) is 12.5. The van der Waals surface area contributed by atoms with Gasteiger partial charge in [-0.25, -0.2) is 0 Å². The van der Waals surface area contributed by atoms with Crippen molar-refractivity contribution in [2.45, 2.75) is 37.4 Å². The Morgan fingerprint density at radius 2 is 2.00 bits per heavy atom. The van der Waals surface area contributed by atoms with E-state index in [4.69, 9.17) is 11.6 Å². The highest BCUT2D eigenvalue weighted by molar-refractivity contribution is 6.31. The maximum Gasteiger partial charge on any atom is 0.157 e. The van der Waals surface area contributed by atoms with E-state index in [-0.39, 0.29) is 11.2 Å². The molecule has 0 unspecified atom stereocenters. The molecule has 4 rings (SSSR count). The summed E-state index contributed by atoms with van der Waals surface area (Å²) in [6.45, 7) is 7.92. The first kappa shape index (κ1) is 18.0. The third-order valence-corrected chi connectivity index (χ3v) is 6.50. The van der Waals surface area contributed by atoms with Crippen LogP contribution in [-0.2, 0) is 10.2 Å². The fourth-order valence-electron chi connectivity index (χ4n) is 3.88. The van der Waals surface area contributed by atoms with E-state index in [9.17, 15) is 9.90 Å². The number of nitrogens with zero attached hydrogens (tertiary/aromatic N) is 2. The highest BCUT2D eigenvalue weighted by Gasteiger charge is 2.41. The fraction of sp³-hybridized carbons (Fsp3) is 0.632. The second-order valence-corrected chi connectivity index (χ2v) is 8.43. The minimum Gasteiger partial charge on any atom is -0.506 e. The van der Waals surface area contributed by atoms with Crippen LogP contribution in [0.1, 0.15) is 25.3 Å². The number of carbonyl (C=O) groups is 1. The zero-order valence-electron chi connectivity index (χ0n) is 15.2. The quantitative estimate of drug-likeness (QED) is 0.516. The predicted molar refractivity (Wildman–Crippen MR) is 103 cm³/mol. The van der Waals surface area contributed by atoms with Crippen molar-refractivity contribution < 1.29 is 9.90 Å². The summed E-state index contributed by atoms with van der Waals surface area (Å²) < 4.78 is 0. The van der Waals surface area contributed by atoms with Gasteiger partial charge in [0.1, 0.15) is 11.9 Å². The van der Waals surface area contributed by atoms with E-state index in [1.165, 1.54) is 0 Å². The molecule has 3 N–H and O–H groups in total. The summed E-state index contributed by atoms with van der Waals surface area (Å²) in [5.41, 5.74) is 1.73. The molecule has 0 amide bonds. The molecule has 1 saturated carbocycles. The van der Waals surface area contributed by atoms with E-state index in [0.29, 0.717) is 16.8 Å². The smallest absolute Gasteiger partial charge is 0.157 e. The van der Waals surface area contributed by atoms with Crippen molar-refractivity contribution in [2.75, 3.05) is 44.6 Å². The number of hydrogen-bond acceptors (Lipinski definition) is 6. The summed E-state index contributed by atoms with van der Waals surface area (Å²) in [7, 11) is 0. The molecule has 3 aliphatic rings. The Labute approximate surface area is 159 Å². The van der Waals surface area contributed by atoms with Crippen molar-refractivity contribution in [1.82, 2.24) is 15.1 Å². The number of aldehydes is 1. The number of hydrogen-bond donors (Lipinski definition) is 3. The van der Waals surface area contributed by atoms with Crippen LogP contribution in [0.25, 0.3) is 0 Å². The van der Waals surface area contributed by atoms with Crippen LogP contribution in [0.15, 0.2) is 12.1 Å². The Morgan fingerprint density at radius 1 is 1.31 bits per heavy atom. The van der Waals surface area contributed by atoms with Gasteiger partial charge in [-0.05, 0) is 29.9 Å². The second-order valence-electron chi connectivity index (χ2n) is 8.02. The Hall–Kier alpha value is -1.34. The molecule has 2 heterocycles. The minimum atomic E-state index is -0.441. The Bertz CT molecular complexity index is 682. The number of piperazine rings is 1. The van der Waals surface area contributed by atoms with Gasteiger partial charge >= 0.3 is 0 Å². The van der Waals surface area contributed by atoms with Crippen molar-refractivity contribution in [3.05, 3.63) is 22.7 Å². The van der Waals surface area contributed by atoms with Gasteiger partial charge in [-0.3, -0.25) is 14.6 Å². The lowest BCUT2D eigenvalue weighted by atomic mass is 9.97. The zero-order valence-corrected chi connectivity index (χ0v) is 15.9. The van der Waals surface area contributed by atoms with E-state index in [0.717, 1.165) is 64.0 Å². The Morgan fingerprint density at radius 3 is 2.54 bits per heavy atom. The molecule has 1 aromatic rings. The van der Waals surface area contributed by atoms with Gasteiger partial charge in [0.15, 0.2) is 6.29 Å². The summed E-state index contributed by atoms with van der Waals surface area (Å²) in [6.07, 6.45) is 2.69. The van der Waals surface area contributed by atoms with Gasteiger partial charge in [0.05, 0.1) is 5.69 Å². The maximum absolute atomic E-state index is 11.7. The lowest BCUT2D eigenvalue weighted by Crippen LogP contribution is -2.63. The molecular weight excluding hydrogens is 352 g/mol. The molecule has 2 aliphatic heterocycles. The lowest BCUT2D eigenvalue weighted by Gasteiger charge is -2.44.